The van der Waals surface area contributed by atoms with Crippen molar-refractivity contribution in [2.45, 2.75) is 6.92 Å². The summed E-state index contributed by atoms with van der Waals surface area (Å²) in [6.45, 7) is 2.10. The lowest BCUT2D eigenvalue weighted by Gasteiger charge is -1.98. The SMILES string of the molecule is Cc1ccc(-c2ncc(Br)n2C)s1. The van der Waals surface area contributed by atoms with Gasteiger partial charge in [0.05, 0.1) is 11.1 Å². The third kappa shape index (κ3) is 1.56. The quantitative estimate of drug-likeness (QED) is 0.767. The minimum absolute atomic E-state index is 1.01. The van der Waals surface area contributed by atoms with E-state index in [0.29, 0.717) is 0 Å². The van der Waals surface area contributed by atoms with E-state index in [-0.39, 0.29) is 0 Å². The highest BCUT2D eigenvalue weighted by Crippen LogP contribution is 2.27. The monoisotopic (exact) mass is 256 g/mol. The molecule has 0 radical (unpaired) electrons. The Morgan fingerprint density at radius 3 is 2.69 bits per heavy atom. The molecule has 0 atom stereocenters. The highest BCUT2D eigenvalue weighted by Gasteiger charge is 2.07. The van der Waals surface area contributed by atoms with Gasteiger partial charge in [-0.15, -0.1) is 11.3 Å². The van der Waals surface area contributed by atoms with Crippen molar-refractivity contribution < 1.29 is 0 Å². The molecule has 0 unspecified atom stereocenters. The first-order chi connectivity index (χ1) is 6.18. The minimum atomic E-state index is 1.01. The fraction of sp³-hybridized carbons (Fsp3) is 0.222. The summed E-state index contributed by atoms with van der Waals surface area (Å²) in [7, 11) is 2.00. The predicted molar refractivity (Wildman–Crippen MR) is 59.0 cm³/mol. The molecule has 0 aromatic carbocycles. The molecular formula is C9H9BrN2S. The number of halogens is 1. The molecule has 2 rings (SSSR count). The van der Waals surface area contributed by atoms with Crippen LogP contribution in [0.5, 0.6) is 0 Å². The Balaban J connectivity index is 2.52. The third-order valence-corrected chi connectivity index (χ3v) is 3.63. The molecule has 2 aromatic rings. The van der Waals surface area contributed by atoms with Crippen LogP contribution >= 0.6 is 27.3 Å². The smallest absolute Gasteiger partial charge is 0.150 e. The van der Waals surface area contributed by atoms with Gasteiger partial charge in [-0.2, -0.15) is 0 Å². The van der Waals surface area contributed by atoms with Gasteiger partial charge in [-0.25, -0.2) is 4.98 Å². The van der Waals surface area contributed by atoms with Crippen molar-refractivity contribution >= 4 is 27.3 Å². The van der Waals surface area contributed by atoms with Gasteiger partial charge in [0.25, 0.3) is 0 Å². The Hall–Kier alpha value is -0.610. The molecule has 13 heavy (non-hydrogen) atoms. The second kappa shape index (κ2) is 3.27. The minimum Gasteiger partial charge on any atom is -0.321 e. The van der Waals surface area contributed by atoms with Gasteiger partial charge in [-0.05, 0) is 35.0 Å². The van der Waals surface area contributed by atoms with E-state index in [1.165, 1.54) is 9.75 Å². The van der Waals surface area contributed by atoms with Crippen molar-refractivity contribution in [2.75, 3.05) is 0 Å². The second-order valence-electron chi connectivity index (χ2n) is 2.87. The van der Waals surface area contributed by atoms with E-state index < -0.39 is 0 Å². The molecule has 0 aliphatic heterocycles. The largest absolute Gasteiger partial charge is 0.321 e. The van der Waals surface area contributed by atoms with E-state index in [4.69, 9.17) is 0 Å². The maximum atomic E-state index is 4.33. The summed E-state index contributed by atoms with van der Waals surface area (Å²) < 4.78 is 3.04. The molecule has 0 aliphatic carbocycles. The summed E-state index contributed by atoms with van der Waals surface area (Å²) >= 11 is 5.19. The normalized spacial score (nSPS) is 10.7. The summed E-state index contributed by atoms with van der Waals surface area (Å²) in [6.07, 6.45) is 1.82. The molecule has 2 heterocycles. The van der Waals surface area contributed by atoms with Crippen LogP contribution < -0.4 is 0 Å². The van der Waals surface area contributed by atoms with E-state index in [2.05, 4.69) is 40.0 Å². The van der Waals surface area contributed by atoms with Gasteiger partial charge < -0.3 is 4.57 Å². The summed E-state index contributed by atoms with van der Waals surface area (Å²) in [5, 5.41) is 0. The Morgan fingerprint density at radius 2 is 2.23 bits per heavy atom. The molecule has 0 spiro atoms. The van der Waals surface area contributed by atoms with Crippen LogP contribution in [0, 0.1) is 6.92 Å². The van der Waals surface area contributed by atoms with E-state index in [1.807, 2.05) is 17.8 Å². The number of thiophene rings is 1. The van der Waals surface area contributed by atoms with Gasteiger partial charge in [0.1, 0.15) is 4.60 Å². The molecular weight excluding hydrogens is 248 g/mol. The number of imidazole rings is 1. The molecule has 0 N–H and O–H groups in total. The number of aryl methyl sites for hydroxylation is 1. The average Bonchev–Trinajstić information content (AvgIpc) is 2.62. The van der Waals surface area contributed by atoms with Crippen molar-refractivity contribution in [1.29, 1.82) is 0 Å². The molecule has 0 aliphatic rings. The predicted octanol–water partition coefficient (Wildman–Crippen LogP) is 3.22. The molecule has 2 aromatic heterocycles. The van der Waals surface area contributed by atoms with Crippen LogP contribution in [0.3, 0.4) is 0 Å². The van der Waals surface area contributed by atoms with Gasteiger partial charge in [0.2, 0.25) is 0 Å². The van der Waals surface area contributed by atoms with Crippen molar-refractivity contribution in [1.82, 2.24) is 9.55 Å². The van der Waals surface area contributed by atoms with Gasteiger partial charge >= 0.3 is 0 Å². The zero-order valence-corrected chi connectivity index (χ0v) is 9.82. The number of nitrogens with zero attached hydrogens (tertiary/aromatic N) is 2. The molecule has 0 saturated heterocycles. The zero-order valence-electron chi connectivity index (χ0n) is 7.41. The standard InChI is InChI=1S/C9H9BrN2S/c1-6-3-4-7(13-6)9-11-5-8(10)12(9)2/h3-5H,1-2H3. The number of hydrogen-bond donors (Lipinski definition) is 0. The van der Waals surface area contributed by atoms with Crippen LogP contribution in [0.25, 0.3) is 10.7 Å². The second-order valence-corrected chi connectivity index (χ2v) is 4.97. The van der Waals surface area contributed by atoms with Crippen LogP contribution in [0.4, 0.5) is 0 Å². The Bertz CT molecular complexity index is 431. The zero-order chi connectivity index (χ0) is 9.42. The summed E-state index contributed by atoms with van der Waals surface area (Å²) in [6, 6.07) is 4.22. The maximum Gasteiger partial charge on any atom is 0.150 e. The summed E-state index contributed by atoms with van der Waals surface area (Å²) in [5.74, 6) is 1.02. The van der Waals surface area contributed by atoms with E-state index in [9.17, 15) is 0 Å². The van der Waals surface area contributed by atoms with Gasteiger partial charge in [0.15, 0.2) is 5.82 Å². The molecule has 4 heteroatoms. The number of aromatic nitrogens is 2. The van der Waals surface area contributed by atoms with Crippen molar-refractivity contribution in [3.05, 3.63) is 27.8 Å². The highest BCUT2D eigenvalue weighted by molar-refractivity contribution is 9.10. The highest BCUT2D eigenvalue weighted by atomic mass is 79.9. The Labute approximate surface area is 89.4 Å². The first-order valence-corrected chi connectivity index (χ1v) is 5.53. The maximum absolute atomic E-state index is 4.33. The topological polar surface area (TPSA) is 17.8 Å². The fourth-order valence-corrected chi connectivity index (χ4v) is 2.34. The van der Waals surface area contributed by atoms with Crippen LogP contribution in [-0.2, 0) is 7.05 Å². The van der Waals surface area contributed by atoms with Gasteiger partial charge in [-0.3, -0.25) is 0 Å². The number of rotatable bonds is 1. The molecule has 0 bridgehead atoms. The van der Waals surface area contributed by atoms with Crippen LogP contribution in [0.1, 0.15) is 4.88 Å². The van der Waals surface area contributed by atoms with Crippen LogP contribution in [0.2, 0.25) is 0 Å². The summed E-state index contributed by atoms with van der Waals surface area (Å²) in [5.41, 5.74) is 0. The van der Waals surface area contributed by atoms with Crippen molar-refractivity contribution in [3.8, 4) is 10.7 Å². The average molecular weight is 257 g/mol. The molecule has 2 nitrogen and oxygen atoms in total. The Morgan fingerprint density at radius 1 is 1.46 bits per heavy atom. The molecule has 0 fully saturated rings. The van der Waals surface area contributed by atoms with E-state index >= 15 is 0 Å². The van der Waals surface area contributed by atoms with Gasteiger partial charge in [0, 0.05) is 11.9 Å². The first kappa shape index (κ1) is 8.97. The van der Waals surface area contributed by atoms with Crippen molar-refractivity contribution in [2.24, 2.45) is 7.05 Å². The molecule has 0 saturated carbocycles. The lowest BCUT2D eigenvalue weighted by atomic mass is 10.4. The lowest BCUT2D eigenvalue weighted by molar-refractivity contribution is 0.904. The number of hydrogen-bond acceptors (Lipinski definition) is 2. The van der Waals surface area contributed by atoms with E-state index in [1.54, 1.807) is 11.3 Å². The van der Waals surface area contributed by atoms with Crippen LogP contribution in [-0.4, -0.2) is 9.55 Å². The first-order valence-electron chi connectivity index (χ1n) is 3.92. The van der Waals surface area contributed by atoms with Gasteiger partial charge in [-0.1, -0.05) is 0 Å². The lowest BCUT2D eigenvalue weighted by Crippen LogP contribution is -1.90. The summed E-state index contributed by atoms with van der Waals surface area (Å²) in [4.78, 5) is 6.85. The molecule has 0 amide bonds. The third-order valence-electron chi connectivity index (χ3n) is 1.89. The fourth-order valence-electron chi connectivity index (χ4n) is 1.17. The molecule has 68 valence electrons. The Kier molecular flexibility index (Phi) is 2.26. The van der Waals surface area contributed by atoms with E-state index in [0.717, 1.165) is 10.4 Å². The van der Waals surface area contributed by atoms with Crippen LogP contribution in [0.15, 0.2) is 22.9 Å². The van der Waals surface area contributed by atoms with Crippen molar-refractivity contribution in [3.63, 3.8) is 0 Å².